The number of amides is 1. The van der Waals surface area contributed by atoms with Gasteiger partial charge in [-0.2, -0.15) is 4.31 Å². The van der Waals surface area contributed by atoms with Crippen molar-refractivity contribution in [2.24, 2.45) is 0 Å². The highest BCUT2D eigenvalue weighted by atomic mass is 32.2. The topological polar surface area (TPSA) is 106 Å². The van der Waals surface area contributed by atoms with Gasteiger partial charge in [-0.05, 0) is 50.1 Å². The molecule has 2 heterocycles. The van der Waals surface area contributed by atoms with Gasteiger partial charge in [0.15, 0.2) is 11.5 Å². The molecule has 9 nitrogen and oxygen atoms in total. The molecule has 0 aromatic heterocycles. The van der Waals surface area contributed by atoms with E-state index < -0.39 is 16.1 Å². The van der Waals surface area contributed by atoms with Gasteiger partial charge in [0, 0.05) is 24.8 Å². The first-order chi connectivity index (χ1) is 15.9. The Balaban J connectivity index is 1.49. The zero-order valence-electron chi connectivity index (χ0n) is 18.8. The molecule has 2 aromatic carbocycles. The Bertz CT molecular complexity index is 1110. The molecule has 1 saturated heterocycles. The minimum Gasteiger partial charge on any atom is -0.495 e. The molecule has 10 heteroatoms. The van der Waals surface area contributed by atoms with Gasteiger partial charge in [0.1, 0.15) is 11.8 Å². The second kappa shape index (κ2) is 9.88. The molecule has 2 N–H and O–H groups in total. The number of anilines is 2. The van der Waals surface area contributed by atoms with Crippen molar-refractivity contribution in [3.8, 4) is 17.2 Å². The van der Waals surface area contributed by atoms with Crippen LogP contribution in [0.3, 0.4) is 0 Å². The molecule has 2 aromatic rings. The number of sulfonamides is 1. The number of hydrogen-bond acceptors (Lipinski definition) is 7. The largest absolute Gasteiger partial charge is 0.495 e. The zero-order chi connectivity index (χ0) is 23.4. The molecule has 178 valence electrons. The minimum atomic E-state index is -3.63. The highest BCUT2D eigenvalue weighted by Crippen LogP contribution is 2.34. The van der Waals surface area contributed by atoms with E-state index in [9.17, 15) is 13.2 Å². The smallest absolute Gasteiger partial charge is 0.246 e. The average Bonchev–Trinajstić information content (AvgIpc) is 3.09. The van der Waals surface area contributed by atoms with Crippen molar-refractivity contribution in [1.29, 1.82) is 0 Å². The van der Waals surface area contributed by atoms with Gasteiger partial charge in [0.2, 0.25) is 22.7 Å². The number of hydrogen-bond donors (Lipinski definition) is 2. The number of nitrogens with one attached hydrogen (secondary N) is 2. The molecule has 0 spiro atoms. The molecule has 0 aliphatic carbocycles. The zero-order valence-corrected chi connectivity index (χ0v) is 19.6. The lowest BCUT2D eigenvalue weighted by molar-refractivity contribution is -0.116. The summed E-state index contributed by atoms with van der Waals surface area (Å²) < 4.78 is 44.0. The van der Waals surface area contributed by atoms with Crippen LogP contribution in [0.15, 0.2) is 41.3 Å². The van der Waals surface area contributed by atoms with Crippen LogP contribution in [0.5, 0.6) is 17.2 Å². The van der Waals surface area contributed by atoms with E-state index in [-0.39, 0.29) is 17.6 Å². The minimum absolute atomic E-state index is 0.154. The number of carbonyl (C=O) groups excluding carboxylic acids is 1. The summed E-state index contributed by atoms with van der Waals surface area (Å²) in [5.74, 6) is 1.36. The van der Waals surface area contributed by atoms with Gasteiger partial charge in [-0.3, -0.25) is 4.79 Å². The van der Waals surface area contributed by atoms with E-state index in [1.807, 2.05) is 0 Å². The van der Waals surface area contributed by atoms with Gasteiger partial charge >= 0.3 is 0 Å². The van der Waals surface area contributed by atoms with Crippen LogP contribution in [-0.4, -0.2) is 51.7 Å². The summed E-state index contributed by atoms with van der Waals surface area (Å²) in [4.78, 5) is 12.9. The lowest BCUT2D eigenvalue weighted by atomic mass is 10.2. The third-order valence-electron chi connectivity index (χ3n) is 5.78. The lowest BCUT2D eigenvalue weighted by Crippen LogP contribution is -2.33. The van der Waals surface area contributed by atoms with Gasteiger partial charge in [-0.1, -0.05) is 12.8 Å². The Hall–Kier alpha value is -2.98. The standard InChI is InChI=1S/C23H29N3O6S/c1-16(23(27)25-17-7-9-21-22(13-17)32-15-31-21)24-19-14-18(8-10-20(19)30-2)33(28,29)26-11-5-3-4-6-12-26/h7-10,13-14,16,24H,3-6,11-12,15H2,1-2H3,(H,25,27)/t16-/m1/s1. The lowest BCUT2D eigenvalue weighted by Gasteiger charge is -2.22. The summed E-state index contributed by atoms with van der Waals surface area (Å²) in [7, 11) is -2.13. The Morgan fingerprint density at radius 3 is 2.48 bits per heavy atom. The molecule has 0 unspecified atom stereocenters. The molecule has 1 amide bonds. The number of rotatable bonds is 7. The third-order valence-corrected chi connectivity index (χ3v) is 7.67. The van der Waals surface area contributed by atoms with E-state index in [0.717, 1.165) is 25.7 Å². The van der Waals surface area contributed by atoms with Crippen LogP contribution in [0.1, 0.15) is 32.6 Å². The summed E-state index contributed by atoms with van der Waals surface area (Å²) in [5.41, 5.74) is 1.00. The molecule has 2 aliphatic rings. The Morgan fingerprint density at radius 2 is 1.76 bits per heavy atom. The maximum atomic E-state index is 13.2. The van der Waals surface area contributed by atoms with Crippen molar-refractivity contribution in [3.63, 3.8) is 0 Å². The first kappa shape index (κ1) is 23.2. The Labute approximate surface area is 194 Å². The van der Waals surface area contributed by atoms with Crippen molar-refractivity contribution in [2.75, 3.05) is 37.6 Å². The average molecular weight is 476 g/mol. The predicted octanol–water partition coefficient (Wildman–Crippen LogP) is 3.43. The molecule has 1 fully saturated rings. The Morgan fingerprint density at radius 1 is 1.03 bits per heavy atom. The van der Waals surface area contributed by atoms with Crippen LogP contribution in [0.4, 0.5) is 11.4 Å². The molecule has 0 saturated carbocycles. The summed E-state index contributed by atoms with van der Waals surface area (Å²) in [6.45, 7) is 2.88. The molecule has 0 radical (unpaired) electrons. The number of benzene rings is 2. The number of carbonyl (C=O) groups is 1. The van der Waals surface area contributed by atoms with E-state index in [0.29, 0.717) is 41.7 Å². The van der Waals surface area contributed by atoms with Gasteiger partial charge < -0.3 is 24.8 Å². The quantitative estimate of drug-likeness (QED) is 0.632. The fourth-order valence-corrected chi connectivity index (χ4v) is 5.46. The molecular weight excluding hydrogens is 446 g/mol. The summed E-state index contributed by atoms with van der Waals surface area (Å²) in [5, 5.41) is 5.91. The number of fused-ring (bicyclic) bond motifs is 1. The van der Waals surface area contributed by atoms with Crippen LogP contribution in [0.2, 0.25) is 0 Å². The van der Waals surface area contributed by atoms with Gasteiger partial charge in [0.25, 0.3) is 0 Å². The molecule has 1 atom stereocenters. The molecule has 4 rings (SSSR count). The van der Waals surface area contributed by atoms with Crippen molar-refractivity contribution in [1.82, 2.24) is 4.31 Å². The van der Waals surface area contributed by atoms with E-state index in [2.05, 4.69) is 10.6 Å². The van der Waals surface area contributed by atoms with Crippen molar-refractivity contribution in [2.45, 2.75) is 43.5 Å². The predicted molar refractivity (Wildman–Crippen MR) is 125 cm³/mol. The Kier molecular flexibility index (Phi) is 6.94. The number of methoxy groups -OCH3 is 1. The van der Waals surface area contributed by atoms with E-state index in [4.69, 9.17) is 14.2 Å². The second-order valence-corrected chi connectivity index (χ2v) is 10.0. The number of ether oxygens (including phenoxy) is 3. The van der Waals surface area contributed by atoms with Crippen molar-refractivity contribution in [3.05, 3.63) is 36.4 Å². The summed E-state index contributed by atoms with van der Waals surface area (Å²) >= 11 is 0. The van der Waals surface area contributed by atoms with Crippen LogP contribution in [0.25, 0.3) is 0 Å². The van der Waals surface area contributed by atoms with E-state index in [1.54, 1.807) is 41.6 Å². The van der Waals surface area contributed by atoms with E-state index >= 15 is 0 Å². The SMILES string of the molecule is COc1ccc(S(=O)(=O)N2CCCCCC2)cc1N[C@H](C)C(=O)Nc1ccc2c(c1)OCO2. The summed E-state index contributed by atoms with van der Waals surface area (Å²) in [6, 6.07) is 9.17. The summed E-state index contributed by atoms with van der Waals surface area (Å²) in [6.07, 6.45) is 3.80. The molecular formula is C23H29N3O6S. The third kappa shape index (κ3) is 5.17. The molecule has 0 bridgehead atoms. The van der Waals surface area contributed by atoms with Gasteiger partial charge in [-0.25, -0.2) is 8.42 Å². The first-order valence-corrected chi connectivity index (χ1v) is 12.5. The maximum absolute atomic E-state index is 13.2. The van der Waals surface area contributed by atoms with E-state index in [1.165, 1.54) is 13.2 Å². The maximum Gasteiger partial charge on any atom is 0.246 e. The molecule has 2 aliphatic heterocycles. The second-order valence-electron chi connectivity index (χ2n) is 8.10. The van der Waals surface area contributed by atoms with Gasteiger partial charge in [0.05, 0.1) is 17.7 Å². The first-order valence-electron chi connectivity index (χ1n) is 11.0. The fraction of sp³-hybridized carbons (Fsp3) is 0.435. The van der Waals surface area contributed by atoms with Crippen LogP contribution >= 0.6 is 0 Å². The number of nitrogens with zero attached hydrogens (tertiary/aromatic N) is 1. The normalized spacial score (nSPS) is 17.2. The van der Waals surface area contributed by atoms with Crippen LogP contribution in [-0.2, 0) is 14.8 Å². The monoisotopic (exact) mass is 475 g/mol. The van der Waals surface area contributed by atoms with Crippen LogP contribution < -0.4 is 24.8 Å². The van der Waals surface area contributed by atoms with Gasteiger partial charge in [-0.15, -0.1) is 0 Å². The van der Waals surface area contributed by atoms with Crippen LogP contribution in [0, 0.1) is 0 Å². The van der Waals surface area contributed by atoms with Crippen molar-refractivity contribution < 1.29 is 27.4 Å². The highest BCUT2D eigenvalue weighted by Gasteiger charge is 2.27. The van der Waals surface area contributed by atoms with Crippen molar-refractivity contribution >= 4 is 27.3 Å². The molecule has 33 heavy (non-hydrogen) atoms. The highest BCUT2D eigenvalue weighted by molar-refractivity contribution is 7.89. The fourth-order valence-electron chi connectivity index (χ4n) is 3.92.